The van der Waals surface area contributed by atoms with Gasteiger partial charge in [-0.25, -0.2) is 0 Å². The number of carbonyl (C=O) groups excluding carboxylic acids is 1. The Hall–Kier alpha value is -3.61. The van der Waals surface area contributed by atoms with Crippen LogP contribution in [0.5, 0.6) is 11.5 Å². The zero-order chi connectivity index (χ0) is 22.4. The number of rotatable bonds is 6. The predicted molar refractivity (Wildman–Crippen MR) is 119 cm³/mol. The summed E-state index contributed by atoms with van der Waals surface area (Å²) in [7, 11) is -4.01. The number of benzene rings is 3. The first-order valence-corrected chi connectivity index (χ1v) is 11.0. The van der Waals surface area contributed by atoms with Gasteiger partial charge < -0.3 is 14.6 Å². The van der Waals surface area contributed by atoms with Crippen LogP contribution in [0, 0.1) is 11.3 Å². The van der Waals surface area contributed by atoms with E-state index < -0.39 is 16.0 Å². The summed E-state index contributed by atoms with van der Waals surface area (Å²) >= 11 is 3.26. The number of carbonyl (C=O) groups is 1. The van der Waals surface area contributed by atoms with Crippen LogP contribution < -0.4 is 9.50 Å². The van der Waals surface area contributed by atoms with Gasteiger partial charge in [-0.2, -0.15) is 13.7 Å². The quantitative estimate of drug-likeness (QED) is 0.224. The van der Waals surface area contributed by atoms with E-state index in [1.807, 2.05) is 6.07 Å². The van der Waals surface area contributed by atoms with Crippen molar-refractivity contribution < 1.29 is 22.5 Å². The van der Waals surface area contributed by atoms with Crippen LogP contribution in [0.3, 0.4) is 0 Å². The zero-order valence-electron chi connectivity index (χ0n) is 15.8. The minimum atomic E-state index is -4.01. The molecule has 156 valence electrons. The van der Waals surface area contributed by atoms with Gasteiger partial charge in [0, 0.05) is 5.69 Å². The van der Waals surface area contributed by atoms with Crippen molar-refractivity contribution in [3.8, 4) is 17.6 Å². The highest BCUT2D eigenvalue weighted by Crippen LogP contribution is 2.29. The summed E-state index contributed by atoms with van der Waals surface area (Å²) in [6, 6.07) is 19.8. The number of amides is 1. The molecule has 0 saturated heterocycles. The summed E-state index contributed by atoms with van der Waals surface area (Å²) < 4.78 is 30.3. The molecular formula is C22H15BrN2O5S. The van der Waals surface area contributed by atoms with Gasteiger partial charge in [0.15, 0.2) is 5.75 Å². The fraction of sp³-hybridized carbons (Fsp3) is 0. The van der Waals surface area contributed by atoms with E-state index in [4.69, 9.17) is 4.18 Å². The fourth-order valence-electron chi connectivity index (χ4n) is 2.49. The molecule has 0 unspecified atom stereocenters. The third-order valence-electron chi connectivity index (χ3n) is 3.99. The summed E-state index contributed by atoms with van der Waals surface area (Å²) in [6.45, 7) is 0. The van der Waals surface area contributed by atoms with Crippen molar-refractivity contribution in [2.75, 3.05) is 5.32 Å². The van der Waals surface area contributed by atoms with Gasteiger partial charge in [0.1, 0.15) is 22.3 Å². The van der Waals surface area contributed by atoms with E-state index in [2.05, 4.69) is 21.2 Å². The van der Waals surface area contributed by atoms with Crippen LogP contribution in [0.1, 0.15) is 5.56 Å². The molecule has 0 aliphatic carbocycles. The molecular weight excluding hydrogens is 484 g/mol. The van der Waals surface area contributed by atoms with Crippen molar-refractivity contribution in [2.24, 2.45) is 0 Å². The van der Waals surface area contributed by atoms with Crippen molar-refractivity contribution in [2.45, 2.75) is 4.90 Å². The van der Waals surface area contributed by atoms with Gasteiger partial charge >= 0.3 is 10.1 Å². The number of nitrogens with zero attached hydrogens (tertiary/aromatic N) is 1. The normalized spacial score (nSPS) is 11.4. The van der Waals surface area contributed by atoms with Gasteiger partial charge in [0.2, 0.25) is 0 Å². The molecule has 0 spiro atoms. The average molecular weight is 499 g/mol. The van der Waals surface area contributed by atoms with E-state index in [0.29, 0.717) is 15.7 Å². The molecule has 3 aromatic carbocycles. The molecule has 3 aromatic rings. The molecule has 2 N–H and O–H groups in total. The maximum atomic E-state index is 12.4. The first kappa shape index (κ1) is 22.1. The maximum absolute atomic E-state index is 12.4. The van der Waals surface area contributed by atoms with Crippen molar-refractivity contribution in [1.82, 2.24) is 0 Å². The molecule has 0 aliphatic heterocycles. The van der Waals surface area contributed by atoms with Crippen LogP contribution in [0.15, 0.2) is 87.7 Å². The third-order valence-corrected chi connectivity index (χ3v) is 5.86. The topological polar surface area (TPSA) is 116 Å². The van der Waals surface area contributed by atoms with E-state index >= 15 is 0 Å². The fourth-order valence-corrected chi connectivity index (χ4v) is 4.04. The summed E-state index contributed by atoms with van der Waals surface area (Å²) in [5.41, 5.74) is 0.735. The molecule has 0 saturated carbocycles. The number of anilines is 1. The highest BCUT2D eigenvalue weighted by atomic mass is 79.9. The summed E-state index contributed by atoms with van der Waals surface area (Å²) in [5.74, 6) is -0.514. The largest absolute Gasteiger partial charge is 0.508 e. The van der Waals surface area contributed by atoms with Crippen molar-refractivity contribution >= 4 is 43.7 Å². The Balaban J connectivity index is 1.79. The zero-order valence-corrected chi connectivity index (χ0v) is 18.2. The smallest absolute Gasteiger partial charge is 0.339 e. The first-order valence-electron chi connectivity index (χ1n) is 8.80. The number of phenols is 1. The summed E-state index contributed by atoms with van der Waals surface area (Å²) in [5, 5.41) is 21.2. The standard InChI is InChI=1S/C22H15BrN2O5S/c23-20-13-15(6-11-21(20)30-31(28,29)19-4-2-1-3-5-19)12-16(14-24)22(27)25-17-7-9-18(26)10-8-17/h1-13,26H,(H,25,27)/b16-12+. The number of nitrogens with one attached hydrogen (secondary N) is 1. The monoisotopic (exact) mass is 498 g/mol. The number of halogens is 1. The summed E-state index contributed by atoms with van der Waals surface area (Å²) in [6.07, 6.45) is 1.36. The van der Waals surface area contributed by atoms with Gasteiger partial charge in [0.05, 0.1) is 4.47 Å². The Labute approximate surface area is 187 Å². The van der Waals surface area contributed by atoms with Crippen LogP contribution in [0.2, 0.25) is 0 Å². The number of aromatic hydroxyl groups is 1. The molecule has 0 bridgehead atoms. The summed E-state index contributed by atoms with van der Waals surface area (Å²) in [4.78, 5) is 12.4. The molecule has 1 amide bonds. The molecule has 0 aromatic heterocycles. The minimum absolute atomic E-state index is 0.0172. The molecule has 31 heavy (non-hydrogen) atoms. The molecule has 0 heterocycles. The minimum Gasteiger partial charge on any atom is -0.508 e. The predicted octanol–water partition coefficient (Wildman–Crippen LogP) is 4.47. The van der Waals surface area contributed by atoms with Gasteiger partial charge in [-0.1, -0.05) is 24.3 Å². The van der Waals surface area contributed by atoms with Crippen molar-refractivity contribution in [3.05, 3.63) is 88.4 Å². The average Bonchev–Trinajstić information content (AvgIpc) is 2.76. The molecule has 3 rings (SSSR count). The Kier molecular flexibility index (Phi) is 6.74. The molecule has 0 atom stereocenters. The number of hydrogen-bond acceptors (Lipinski definition) is 6. The maximum Gasteiger partial charge on any atom is 0.339 e. The lowest BCUT2D eigenvalue weighted by molar-refractivity contribution is -0.112. The Morgan fingerprint density at radius 2 is 1.74 bits per heavy atom. The van der Waals surface area contributed by atoms with Gasteiger partial charge in [-0.05, 0) is 76.1 Å². The highest BCUT2D eigenvalue weighted by molar-refractivity contribution is 9.10. The van der Waals surface area contributed by atoms with E-state index in [9.17, 15) is 23.6 Å². The van der Waals surface area contributed by atoms with Gasteiger partial charge in [0.25, 0.3) is 5.91 Å². The lowest BCUT2D eigenvalue weighted by Crippen LogP contribution is -2.13. The van der Waals surface area contributed by atoms with Crippen LogP contribution >= 0.6 is 15.9 Å². The second kappa shape index (κ2) is 9.47. The second-order valence-corrected chi connectivity index (χ2v) is 8.61. The van der Waals surface area contributed by atoms with E-state index in [0.717, 1.165) is 0 Å². The van der Waals surface area contributed by atoms with Crippen molar-refractivity contribution in [1.29, 1.82) is 5.26 Å². The van der Waals surface area contributed by atoms with Crippen LogP contribution in [-0.4, -0.2) is 19.4 Å². The Bertz CT molecular complexity index is 1280. The van der Waals surface area contributed by atoms with Crippen molar-refractivity contribution in [3.63, 3.8) is 0 Å². The van der Waals surface area contributed by atoms with E-state index in [1.165, 1.54) is 60.7 Å². The number of phenolic OH excluding ortho intramolecular Hbond substituents is 1. The molecule has 0 aliphatic rings. The molecule has 0 radical (unpaired) electrons. The van der Waals surface area contributed by atoms with Gasteiger partial charge in [-0.15, -0.1) is 0 Å². The number of hydrogen-bond donors (Lipinski definition) is 2. The van der Waals surface area contributed by atoms with Gasteiger partial charge in [-0.3, -0.25) is 4.79 Å². The van der Waals surface area contributed by atoms with Crippen LogP contribution in [0.4, 0.5) is 5.69 Å². The van der Waals surface area contributed by atoms with Crippen LogP contribution in [-0.2, 0) is 14.9 Å². The Morgan fingerprint density at radius 3 is 2.35 bits per heavy atom. The highest BCUT2D eigenvalue weighted by Gasteiger charge is 2.18. The molecule has 7 nitrogen and oxygen atoms in total. The lowest BCUT2D eigenvalue weighted by atomic mass is 10.1. The lowest BCUT2D eigenvalue weighted by Gasteiger charge is -2.09. The SMILES string of the molecule is N#C/C(=C\c1ccc(OS(=O)(=O)c2ccccc2)c(Br)c1)C(=O)Nc1ccc(O)cc1. The molecule has 9 heteroatoms. The third kappa shape index (κ3) is 5.72. The first-order chi connectivity index (χ1) is 14.8. The molecule has 0 fully saturated rings. The van der Waals surface area contributed by atoms with Crippen LogP contribution in [0.25, 0.3) is 6.08 Å². The number of nitriles is 1. The van der Waals surface area contributed by atoms with E-state index in [-0.39, 0.29) is 22.0 Å². The van der Waals surface area contributed by atoms with E-state index in [1.54, 1.807) is 18.2 Å². The Morgan fingerprint density at radius 1 is 1.06 bits per heavy atom. The second-order valence-electron chi connectivity index (χ2n) is 6.21.